The molecule has 1 aliphatic heterocycles. The van der Waals surface area contributed by atoms with E-state index in [0.717, 1.165) is 38.0 Å². The first-order chi connectivity index (χ1) is 11.5. The van der Waals surface area contributed by atoms with Crippen LogP contribution in [0.3, 0.4) is 0 Å². The summed E-state index contributed by atoms with van der Waals surface area (Å²) in [6.45, 7) is 2.57. The van der Waals surface area contributed by atoms with Gasteiger partial charge in [0.25, 0.3) is 5.91 Å². The summed E-state index contributed by atoms with van der Waals surface area (Å²) in [7, 11) is 3.67. The summed E-state index contributed by atoms with van der Waals surface area (Å²) in [6.07, 6.45) is 5.21. The molecule has 0 aliphatic carbocycles. The zero-order chi connectivity index (χ0) is 17.1. The van der Waals surface area contributed by atoms with Crippen LogP contribution in [0.1, 0.15) is 28.8 Å². The molecule has 1 aromatic heterocycles. The van der Waals surface area contributed by atoms with E-state index in [1.54, 1.807) is 29.2 Å². The number of halogens is 1. The second-order valence-electron chi connectivity index (χ2n) is 6.46. The van der Waals surface area contributed by atoms with E-state index in [2.05, 4.69) is 10.00 Å². The topological polar surface area (TPSA) is 41.4 Å². The van der Waals surface area contributed by atoms with E-state index in [-0.39, 0.29) is 17.8 Å². The zero-order valence-electron chi connectivity index (χ0n) is 14.2. The third-order valence-electron chi connectivity index (χ3n) is 4.67. The van der Waals surface area contributed by atoms with Crippen LogP contribution in [0.5, 0.6) is 0 Å². The molecule has 0 N–H and O–H groups in total. The van der Waals surface area contributed by atoms with Crippen molar-refractivity contribution in [1.82, 2.24) is 19.6 Å². The van der Waals surface area contributed by atoms with Gasteiger partial charge < -0.3 is 4.90 Å². The number of likely N-dealkylation sites (tertiary alicyclic amines) is 1. The molecule has 6 heteroatoms. The van der Waals surface area contributed by atoms with E-state index in [4.69, 9.17) is 0 Å². The van der Waals surface area contributed by atoms with Gasteiger partial charge in [-0.3, -0.25) is 14.4 Å². The number of amides is 1. The quantitative estimate of drug-likeness (QED) is 0.864. The third kappa shape index (κ3) is 3.82. The summed E-state index contributed by atoms with van der Waals surface area (Å²) < 4.78 is 14.9. The van der Waals surface area contributed by atoms with Gasteiger partial charge in [-0.05, 0) is 30.5 Å². The first-order valence-electron chi connectivity index (χ1n) is 8.25. The molecule has 1 aliphatic rings. The van der Waals surface area contributed by atoms with Crippen molar-refractivity contribution in [3.8, 4) is 0 Å². The van der Waals surface area contributed by atoms with Crippen molar-refractivity contribution >= 4 is 5.91 Å². The zero-order valence-corrected chi connectivity index (χ0v) is 14.2. The molecular weight excluding hydrogens is 307 g/mol. The largest absolute Gasteiger partial charge is 0.339 e. The average molecular weight is 330 g/mol. The molecule has 2 heterocycles. The summed E-state index contributed by atoms with van der Waals surface area (Å²) >= 11 is 0. The first kappa shape index (κ1) is 16.6. The van der Waals surface area contributed by atoms with Gasteiger partial charge in [0.2, 0.25) is 0 Å². The minimum absolute atomic E-state index is 0.0201. The maximum absolute atomic E-state index is 13.3. The summed E-state index contributed by atoms with van der Waals surface area (Å²) in [6, 6.07) is 6.99. The van der Waals surface area contributed by atoms with E-state index in [1.165, 1.54) is 6.07 Å². The molecule has 3 rings (SSSR count). The molecule has 0 unspecified atom stereocenters. The molecule has 24 heavy (non-hydrogen) atoms. The fourth-order valence-electron chi connectivity index (χ4n) is 3.26. The molecular formula is C18H23FN4O. The molecule has 0 spiro atoms. The highest BCUT2D eigenvalue weighted by molar-refractivity contribution is 5.93. The Kier molecular flexibility index (Phi) is 4.94. The average Bonchev–Trinajstić information content (AvgIpc) is 3.01. The summed E-state index contributed by atoms with van der Waals surface area (Å²) in [5, 5.41) is 4.06. The van der Waals surface area contributed by atoms with E-state index in [0.29, 0.717) is 5.56 Å². The molecule has 5 nitrogen and oxygen atoms in total. The van der Waals surface area contributed by atoms with Crippen molar-refractivity contribution in [1.29, 1.82) is 0 Å². The van der Waals surface area contributed by atoms with Gasteiger partial charge in [0.1, 0.15) is 5.82 Å². The standard InChI is InChI=1S/C18H23FN4O/c1-21-13-15(11-20-21)18(24)22(2)17-6-8-23(9-7-17)12-14-4-3-5-16(19)10-14/h3-5,10-11,13,17H,6-9,12H2,1-2H3. The molecule has 2 aromatic rings. The number of piperidine rings is 1. The predicted octanol–water partition coefficient (Wildman–Crippen LogP) is 2.30. The molecule has 1 aromatic carbocycles. The second kappa shape index (κ2) is 7.13. The van der Waals surface area contributed by atoms with Gasteiger partial charge in [-0.15, -0.1) is 0 Å². The fraction of sp³-hybridized carbons (Fsp3) is 0.444. The van der Waals surface area contributed by atoms with Crippen LogP contribution in [0.2, 0.25) is 0 Å². The molecule has 0 radical (unpaired) electrons. The molecule has 1 amide bonds. The van der Waals surface area contributed by atoms with Crippen LogP contribution < -0.4 is 0 Å². The number of nitrogens with zero attached hydrogens (tertiary/aromatic N) is 4. The molecule has 0 saturated carbocycles. The predicted molar refractivity (Wildman–Crippen MR) is 90.0 cm³/mol. The Hall–Kier alpha value is -2.21. The van der Waals surface area contributed by atoms with Crippen LogP contribution in [0.4, 0.5) is 4.39 Å². The SMILES string of the molecule is CN(C(=O)c1cnn(C)c1)C1CCN(Cc2cccc(F)c2)CC1. The van der Waals surface area contributed by atoms with Crippen LogP contribution in [0.15, 0.2) is 36.7 Å². The Morgan fingerprint density at radius 2 is 2.12 bits per heavy atom. The highest BCUT2D eigenvalue weighted by Crippen LogP contribution is 2.19. The van der Waals surface area contributed by atoms with Crippen molar-refractivity contribution < 1.29 is 9.18 Å². The van der Waals surface area contributed by atoms with Crippen LogP contribution in [0, 0.1) is 5.82 Å². The van der Waals surface area contributed by atoms with E-state index < -0.39 is 0 Å². The normalized spacial score (nSPS) is 16.3. The van der Waals surface area contributed by atoms with Gasteiger partial charge in [0.05, 0.1) is 11.8 Å². The van der Waals surface area contributed by atoms with Crippen molar-refractivity contribution in [3.05, 3.63) is 53.6 Å². The van der Waals surface area contributed by atoms with E-state index >= 15 is 0 Å². The smallest absolute Gasteiger partial charge is 0.257 e. The van der Waals surface area contributed by atoms with Gasteiger partial charge in [-0.1, -0.05) is 12.1 Å². The Morgan fingerprint density at radius 1 is 1.38 bits per heavy atom. The summed E-state index contributed by atoms with van der Waals surface area (Å²) in [4.78, 5) is 16.6. The molecule has 0 bridgehead atoms. The Labute approximate surface area is 141 Å². The van der Waals surface area contributed by atoms with Gasteiger partial charge in [0, 0.05) is 46.0 Å². The number of hydrogen-bond acceptors (Lipinski definition) is 3. The number of aryl methyl sites for hydroxylation is 1. The molecule has 1 saturated heterocycles. The van der Waals surface area contributed by atoms with Crippen molar-refractivity contribution in [3.63, 3.8) is 0 Å². The van der Waals surface area contributed by atoms with E-state index in [1.807, 2.05) is 25.1 Å². The lowest BCUT2D eigenvalue weighted by Crippen LogP contribution is -2.45. The monoisotopic (exact) mass is 330 g/mol. The van der Waals surface area contributed by atoms with Gasteiger partial charge in [-0.25, -0.2) is 4.39 Å². The number of carbonyl (C=O) groups excluding carboxylic acids is 1. The molecule has 1 fully saturated rings. The highest BCUT2D eigenvalue weighted by Gasteiger charge is 2.26. The third-order valence-corrected chi connectivity index (χ3v) is 4.67. The van der Waals surface area contributed by atoms with Crippen molar-refractivity contribution in [2.45, 2.75) is 25.4 Å². The number of aromatic nitrogens is 2. The maximum Gasteiger partial charge on any atom is 0.257 e. The number of rotatable bonds is 4. The second-order valence-corrected chi connectivity index (χ2v) is 6.46. The van der Waals surface area contributed by atoms with Gasteiger partial charge in [0.15, 0.2) is 0 Å². The maximum atomic E-state index is 13.3. The Bertz CT molecular complexity index is 707. The lowest BCUT2D eigenvalue weighted by molar-refractivity contribution is 0.0636. The van der Waals surface area contributed by atoms with Crippen LogP contribution in [-0.2, 0) is 13.6 Å². The van der Waals surface area contributed by atoms with Crippen LogP contribution >= 0.6 is 0 Å². The van der Waals surface area contributed by atoms with Crippen molar-refractivity contribution in [2.24, 2.45) is 7.05 Å². The van der Waals surface area contributed by atoms with E-state index in [9.17, 15) is 9.18 Å². The van der Waals surface area contributed by atoms with Crippen molar-refractivity contribution in [2.75, 3.05) is 20.1 Å². The minimum Gasteiger partial charge on any atom is -0.339 e. The highest BCUT2D eigenvalue weighted by atomic mass is 19.1. The molecule has 0 atom stereocenters. The summed E-state index contributed by atoms with van der Waals surface area (Å²) in [5.74, 6) is -0.170. The Balaban J connectivity index is 1.53. The Morgan fingerprint density at radius 3 is 2.75 bits per heavy atom. The van der Waals surface area contributed by atoms with Crippen LogP contribution in [0.25, 0.3) is 0 Å². The first-order valence-corrected chi connectivity index (χ1v) is 8.25. The van der Waals surface area contributed by atoms with Crippen LogP contribution in [-0.4, -0.2) is 51.7 Å². The lowest BCUT2D eigenvalue weighted by Gasteiger charge is -2.36. The fourth-order valence-corrected chi connectivity index (χ4v) is 3.26. The number of carbonyl (C=O) groups is 1. The molecule has 128 valence electrons. The minimum atomic E-state index is -0.191. The number of hydrogen-bond donors (Lipinski definition) is 0. The van der Waals surface area contributed by atoms with Gasteiger partial charge in [-0.2, -0.15) is 5.10 Å². The van der Waals surface area contributed by atoms with Gasteiger partial charge >= 0.3 is 0 Å². The lowest BCUT2D eigenvalue weighted by atomic mass is 10.0. The summed E-state index contributed by atoms with van der Waals surface area (Å²) in [5.41, 5.74) is 1.62. The number of benzene rings is 1.